The van der Waals surface area contributed by atoms with Crippen LogP contribution in [0.1, 0.15) is 20.3 Å². The first-order chi connectivity index (χ1) is 8.36. The van der Waals surface area contributed by atoms with Crippen LogP contribution in [0, 0.1) is 0 Å². The lowest BCUT2D eigenvalue weighted by molar-refractivity contribution is -0.205. The van der Waals surface area contributed by atoms with Crippen LogP contribution in [0.3, 0.4) is 0 Å². The molecule has 0 saturated carbocycles. The van der Waals surface area contributed by atoms with Crippen molar-refractivity contribution in [1.82, 2.24) is 0 Å². The molecule has 1 saturated heterocycles. The molecule has 0 amide bonds. The molecular weight excluding hydrogens is 260 g/mol. The lowest BCUT2D eigenvalue weighted by Gasteiger charge is -2.40. The van der Waals surface area contributed by atoms with Crippen LogP contribution in [0.15, 0.2) is 0 Å². The van der Waals surface area contributed by atoms with Crippen LogP contribution in [-0.2, 0) is 4.74 Å². The number of ether oxygens (including phenoxy) is 1. The number of hydrogen-bond acceptors (Lipinski definition) is 7. The number of rotatable bonds is 5. The van der Waals surface area contributed by atoms with E-state index in [0.29, 0.717) is 6.42 Å². The summed E-state index contributed by atoms with van der Waals surface area (Å²) in [5.74, 6) is 0. The molecule has 0 radical (unpaired) electrons. The maximum atomic E-state index is 9.80. The Bertz CT molecular complexity index is 250. The Labute approximate surface area is 111 Å². The topological polar surface area (TPSA) is 110 Å². The summed E-state index contributed by atoms with van der Waals surface area (Å²) in [4.78, 5) is 0. The van der Waals surface area contributed by atoms with Gasteiger partial charge in [-0.05, 0) is 13.3 Å². The molecule has 0 aliphatic carbocycles. The van der Waals surface area contributed by atoms with Crippen molar-refractivity contribution in [3.63, 3.8) is 0 Å². The highest BCUT2D eigenvalue weighted by Gasteiger charge is 2.44. The molecule has 1 aliphatic heterocycles. The molecular formula is C11H22O6S. The molecule has 1 fully saturated rings. The summed E-state index contributed by atoms with van der Waals surface area (Å²) in [6.45, 7) is 3.12. The molecule has 1 heterocycles. The second-order valence-corrected chi connectivity index (χ2v) is 6.27. The van der Waals surface area contributed by atoms with Crippen LogP contribution in [0.2, 0.25) is 0 Å². The van der Waals surface area contributed by atoms with Gasteiger partial charge in [-0.1, -0.05) is 6.92 Å². The molecule has 0 aromatic rings. The SMILES string of the molecule is CC(O)CC(C)SC1O[C@H](CO)[C@H](O)[C@H](O)[C@H]1O. The van der Waals surface area contributed by atoms with E-state index in [1.165, 1.54) is 11.8 Å². The van der Waals surface area contributed by atoms with Crippen molar-refractivity contribution in [3.05, 3.63) is 0 Å². The van der Waals surface area contributed by atoms with Gasteiger partial charge >= 0.3 is 0 Å². The van der Waals surface area contributed by atoms with Crippen molar-refractivity contribution < 1.29 is 30.3 Å². The van der Waals surface area contributed by atoms with Gasteiger partial charge in [0.05, 0.1) is 12.7 Å². The Morgan fingerprint density at radius 3 is 2.22 bits per heavy atom. The predicted molar refractivity (Wildman–Crippen MR) is 67.1 cm³/mol. The van der Waals surface area contributed by atoms with Crippen LogP contribution < -0.4 is 0 Å². The minimum atomic E-state index is -1.34. The zero-order chi connectivity index (χ0) is 13.9. The maximum Gasteiger partial charge on any atom is 0.132 e. The summed E-state index contributed by atoms with van der Waals surface area (Å²) in [6, 6.07) is 0. The quantitative estimate of drug-likeness (QED) is 0.425. The van der Waals surface area contributed by atoms with Gasteiger partial charge in [-0.25, -0.2) is 0 Å². The molecule has 0 aromatic carbocycles. The molecule has 7 atom stereocenters. The number of aliphatic hydroxyl groups excluding tert-OH is 5. The fraction of sp³-hybridized carbons (Fsp3) is 1.00. The minimum absolute atomic E-state index is 0.0198. The lowest BCUT2D eigenvalue weighted by Crippen LogP contribution is -2.57. The van der Waals surface area contributed by atoms with Crippen LogP contribution in [0.5, 0.6) is 0 Å². The third-order valence-corrected chi connectivity index (χ3v) is 4.20. The van der Waals surface area contributed by atoms with Crippen molar-refractivity contribution in [3.8, 4) is 0 Å². The second-order valence-electron chi connectivity index (χ2n) is 4.73. The molecule has 108 valence electrons. The average Bonchev–Trinajstić information content (AvgIpc) is 2.29. The first-order valence-corrected chi connectivity index (χ1v) is 6.95. The first kappa shape index (κ1) is 16.2. The summed E-state index contributed by atoms with van der Waals surface area (Å²) < 4.78 is 5.35. The molecule has 18 heavy (non-hydrogen) atoms. The third-order valence-electron chi connectivity index (χ3n) is 2.89. The van der Waals surface area contributed by atoms with Crippen molar-refractivity contribution in [2.45, 2.75) is 61.5 Å². The van der Waals surface area contributed by atoms with Crippen LogP contribution in [0.25, 0.3) is 0 Å². The minimum Gasteiger partial charge on any atom is -0.394 e. The summed E-state index contributed by atoms with van der Waals surface area (Å²) in [7, 11) is 0. The van der Waals surface area contributed by atoms with Gasteiger partial charge in [-0.3, -0.25) is 0 Å². The summed E-state index contributed by atoms with van der Waals surface area (Å²) >= 11 is 1.27. The zero-order valence-corrected chi connectivity index (χ0v) is 11.3. The highest BCUT2D eigenvalue weighted by molar-refractivity contribution is 8.00. The highest BCUT2D eigenvalue weighted by Crippen LogP contribution is 2.32. The molecule has 5 N–H and O–H groups in total. The molecule has 0 bridgehead atoms. The molecule has 0 aromatic heterocycles. The molecule has 7 heteroatoms. The number of thioether (sulfide) groups is 1. The van der Waals surface area contributed by atoms with Gasteiger partial charge in [0.1, 0.15) is 29.9 Å². The Morgan fingerprint density at radius 2 is 1.72 bits per heavy atom. The van der Waals surface area contributed by atoms with Crippen molar-refractivity contribution in [1.29, 1.82) is 0 Å². The van der Waals surface area contributed by atoms with E-state index in [2.05, 4.69) is 0 Å². The maximum absolute atomic E-state index is 9.80. The lowest BCUT2D eigenvalue weighted by atomic mass is 10.0. The van der Waals surface area contributed by atoms with Gasteiger partial charge in [0, 0.05) is 5.25 Å². The van der Waals surface area contributed by atoms with Crippen molar-refractivity contribution in [2.24, 2.45) is 0 Å². The van der Waals surface area contributed by atoms with E-state index < -0.39 is 42.6 Å². The third kappa shape index (κ3) is 4.06. The molecule has 1 aliphatic rings. The van der Waals surface area contributed by atoms with Crippen molar-refractivity contribution in [2.75, 3.05) is 6.61 Å². The Hall–Kier alpha value is 0.110. The predicted octanol–water partition coefficient (Wildman–Crippen LogP) is -1.32. The van der Waals surface area contributed by atoms with Crippen molar-refractivity contribution >= 4 is 11.8 Å². The fourth-order valence-corrected chi connectivity index (χ4v) is 3.32. The van der Waals surface area contributed by atoms with Gasteiger partial charge < -0.3 is 30.3 Å². The van der Waals surface area contributed by atoms with E-state index in [0.717, 1.165) is 0 Å². The van der Waals surface area contributed by atoms with Gasteiger partial charge in [0.15, 0.2) is 0 Å². The van der Waals surface area contributed by atoms with Crippen LogP contribution >= 0.6 is 11.8 Å². The van der Waals surface area contributed by atoms with Gasteiger partial charge in [0.2, 0.25) is 0 Å². The van der Waals surface area contributed by atoms with E-state index in [1.54, 1.807) is 6.92 Å². The highest BCUT2D eigenvalue weighted by atomic mass is 32.2. The number of aliphatic hydroxyl groups is 5. The zero-order valence-electron chi connectivity index (χ0n) is 10.5. The number of hydrogen-bond donors (Lipinski definition) is 5. The van der Waals surface area contributed by atoms with Gasteiger partial charge in [0.25, 0.3) is 0 Å². The van der Waals surface area contributed by atoms with E-state index >= 15 is 0 Å². The largest absolute Gasteiger partial charge is 0.394 e. The monoisotopic (exact) mass is 282 g/mol. The van der Waals surface area contributed by atoms with Crippen LogP contribution in [-0.4, -0.2) is 73.3 Å². The van der Waals surface area contributed by atoms with E-state index in [-0.39, 0.29) is 5.25 Å². The van der Waals surface area contributed by atoms with Gasteiger partial charge in [-0.15, -0.1) is 11.8 Å². The smallest absolute Gasteiger partial charge is 0.132 e. The Kier molecular flexibility index (Phi) is 6.32. The average molecular weight is 282 g/mol. The summed E-state index contributed by atoms with van der Waals surface area (Å²) in [5, 5.41) is 47.3. The standard InChI is InChI=1S/C11H22O6S/c1-5(13)3-6(2)18-11-10(16)9(15)8(14)7(4-12)17-11/h5-16H,3-4H2,1-2H3/t5?,6?,7-,8+,9+,10-,11?/m1/s1. The van der Waals surface area contributed by atoms with E-state index in [9.17, 15) is 20.4 Å². The molecule has 3 unspecified atom stereocenters. The molecule has 0 spiro atoms. The summed E-state index contributed by atoms with van der Waals surface area (Å²) in [6.07, 6.45) is -4.69. The normalized spacial score (nSPS) is 40.5. The second kappa shape index (κ2) is 7.04. The fourth-order valence-electron chi connectivity index (χ4n) is 1.94. The van der Waals surface area contributed by atoms with E-state index in [4.69, 9.17) is 9.84 Å². The Morgan fingerprint density at radius 1 is 1.11 bits per heavy atom. The first-order valence-electron chi connectivity index (χ1n) is 6.00. The van der Waals surface area contributed by atoms with Gasteiger partial charge in [-0.2, -0.15) is 0 Å². The summed E-state index contributed by atoms with van der Waals surface area (Å²) in [5.41, 5.74) is -0.728. The molecule has 1 rings (SSSR count). The molecule has 6 nitrogen and oxygen atoms in total. The Balaban J connectivity index is 2.58. The van der Waals surface area contributed by atoms with E-state index in [1.807, 2.05) is 6.92 Å². The van der Waals surface area contributed by atoms with Crippen LogP contribution in [0.4, 0.5) is 0 Å².